The molecule has 0 aliphatic carbocycles. The number of hydrogen-bond acceptors (Lipinski definition) is 4. The molecule has 0 radical (unpaired) electrons. The molecule has 108 valence electrons. The summed E-state index contributed by atoms with van der Waals surface area (Å²) in [5.74, 6) is 1.00. The first-order valence-corrected chi connectivity index (χ1v) is 7.67. The van der Waals surface area contributed by atoms with Gasteiger partial charge in [-0.15, -0.1) is 22.0 Å². The molecule has 0 fully saturated rings. The average Bonchev–Trinajstić information content (AvgIpc) is 2.77. The predicted molar refractivity (Wildman–Crippen MR) is 83.8 cm³/mol. The first-order valence-electron chi connectivity index (χ1n) is 6.79. The van der Waals surface area contributed by atoms with Crippen molar-refractivity contribution in [1.29, 1.82) is 0 Å². The van der Waals surface area contributed by atoms with Crippen LogP contribution in [-0.2, 0) is 13.6 Å². The molecule has 1 heterocycles. The van der Waals surface area contributed by atoms with E-state index in [4.69, 9.17) is 0 Å². The molecule has 0 aliphatic rings. The number of rotatable bonds is 6. The highest BCUT2D eigenvalue weighted by Gasteiger charge is 2.10. The van der Waals surface area contributed by atoms with Gasteiger partial charge in [-0.3, -0.25) is 4.90 Å². The highest BCUT2D eigenvalue weighted by atomic mass is 32.2. The van der Waals surface area contributed by atoms with Crippen LogP contribution in [0.15, 0.2) is 35.5 Å². The molecule has 2 aromatic rings. The van der Waals surface area contributed by atoms with Crippen molar-refractivity contribution in [3.8, 4) is 0 Å². The van der Waals surface area contributed by atoms with E-state index in [1.807, 2.05) is 23.4 Å². The largest absolute Gasteiger partial charge is 0.320 e. The Hall–Kier alpha value is -1.33. The molecule has 0 spiro atoms. The number of aryl methyl sites for hydroxylation is 2. The molecule has 0 saturated heterocycles. The van der Waals surface area contributed by atoms with Crippen LogP contribution in [-0.4, -0.2) is 38.5 Å². The Balaban J connectivity index is 1.83. The van der Waals surface area contributed by atoms with Crippen molar-refractivity contribution in [3.63, 3.8) is 0 Å². The molecule has 0 bridgehead atoms. The second-order valence-corrected chi connectivity index (χ2v) is 6.81. The lowest BCUT2D eigenvalue weighted by atomic mass is 10.2. The van der Waals surface area contributed by atoms with Gasteiger partial charge in [0.25, 0.3) is 0 Å². The van der Waals surface area contributed by atoms with Crippen molar-refractivity contribution < 1.29 is 0 Å². The number of thioether (sulfide) groups is 1. The summed E-state index contributed by atoms with van der Waals surface area (Å²) in [5.41, 5.74) is 1.31. The zero-order chi connectivity index (χ0) is 14.5. The van der Waals surface area contributed by atoms with E-state index in [0.29, 0.717) is 5.25 Å². The maximum atomic E-state index is 4.12. The van der Waals surface area contributed by atoms with Gasteiger partial charge < -0.3 is 4.57 Å². The minimum absolute atomic E-state index is 0.538. The van der Waals surface area contributed by atoms with Crippen LogP contribution in [0.25, 0.3) is 0 Å². The zero-order valence-electron chi connectivity index (χ0n) is 12.6. The van der Waals surface area contributed by atoms with E-state index in [2.05, 4.69) is 60.3 Å². The topological polar surface area (TPSA) is 34.0 Å². The molecule has 0 aliphatic heterocycles. The predicted octanol–water partition coefficient (Wildman–Crippen LogP) is 2.74. The van der Waals surface area contributed by atoms with E-state index in [0.717, 1.165) is 18.9 Å². The number of aromatic nitrogens is 3. The standard InChI is InChI=1S/C15H22N4S/c1-12-5-7-14(8-6-12)20-13(2)9-18(3)10-15-17-16-11-19(15)4/h5-8,11,13H,9-10H2,1-4H3/t13-/m1/s1. The Labute approximate surface area is 125 Å². The summed E-state index contributed by atoms with van der Waals surface area (Å²) in [6.45, 7) is 6.23. The van der Waals surface area contributed by atoms with Crippen LogP contribution in [0.4, 0.5) is 0 Å². The Morgan fingerprint density at radius 1 is 1.30 bits per heavy atom. The summed E-state index contributed by atoms with van der Waals surface area (Å²) in [5, 5.41) is 8.57. The zero-order valence-corrected chi connectivity index (χ0v) is 13.4. The first kappa shape index (κ1) is 15.1. The van der Waals surface area contributed by atoms with E-state index >= 15 is 0 Å². The second kappa shape index (κ2) is 6.90. The Morgan fingerprint density at radius 2 is 2.00 bits per heavy atom. The monoisotopic (exact) mass is 290 g/mol. The van der Waals surface area contributed by atoms with Gasteiger partial charge in [0.2, 0.25) is 0 Å². The number of hydrogen-bond donors (Lipinski definition) is 0. The summed E-state index contributed by atoms with van der Waals surface area (Å²) in [6, 6.07) is 8.72. The second-order valence-electron chi connectivity index (χ2n) is 5.30. The van der Waals surface area contributed by atoms with Gasteiger partial charge in [-0.05, 0) is 26.1 Å². The van der Waals surface area contributed by atoms with Gasteiger partial charge in [0.15, 0.2) is 0 Å². The number of benzene rings is 1. The van der Waals surface area contributed by atoms with Crippen molar-refractivity contribution in [2.24, 2.45) is 7.05 Å². The first-order chi connectivity index (χ1) is 9.54. The maximum absolute atomic E-state index is 4.12. The highest BCUT2D eigenvalue weighted by molar-refractivity contribution is 8.00. The molecule has 0 unspecified atom stereocenters. The lowest BCUT2D eigenvalue weighted by molar-refractivity contribution is 0.318. The summed E-state index contributed by atoms with van der Waals surface area (Å²) < 4.78 is 1.97. The summed E-state index contributed by atoms with van der Waals surface area (Å²) in [6.07, 6.45) is 1.74. The molecule has 1 atom stereocenters. The Kier molecular flexibility index (Phi) is 5.20. The summed E-state index contributed by atoms with van der Waals surface area (Å²) >= 11 is 1.91. The molecule has 0 amide bonds. The molecule has 2 rings (SSSR count). The third kappa shape index (κ3) is 4.35. The molecule has 4 nitrogen and oxygen atoms in total. The third-order valence-corrected chi connectivity index (χ3v) is 4.24. The van der Waals surface area contributed by atoms with Gasteiger partial charge in [0.1, 0.15) is 12.2 Å². The van der Waals surface area contributed by atoms with Gasteiger partial charge in [0, 0.05) is 23.7 Å². The normalized spacial score (nSPS) is 12.8. The van der Waals surface area contributed by atoms with Crippen LogP contribution >= 0.6 is 11.8 Å². The molecule has 5 heteroatoms. The molecular weight excluding hydrogens is 268 g/mol. The van der Waals surface area contributed by atoms with E-state index < -0.39 is 0 Å². The fraction of sp³-hybridized carbons (Fsp3) is 0.467. The molecular formula is C15H22N4S. The van der Waals surface area contributed by atoms with Gasteiger partial charge in [-0.2, -0.15) is 0 Å². The van der Waals surface area contributed by atoms with Crippen LogP contribution in [0.1, 0.15) is 18.3 Å². The van der Waals surface area contributed by atoms with Gasteiger partial charge in [-0.1, -0.05) is 24.6 Å². The van der Waals surface area contributed by atoms with Crippen LogP contribution in [0.3, 0.4) is 0 Å². The minimum atomic E-state index is 0.538. The van der Waals surface area contributed by atoms with Crippen LogP contribution < -0.4 is 0 Å². The highest BCUT2D eigenvalue weighted by Crippen LogP contribution is 2.24. The van der Waals surface area contributed by atoms with Crippen molar-refractivity contribution >= 4 is 11.8 Å². The molecule has 1 aromatic heterocycles. The van der Waals surface area contributed by atoms with Crippen molar-refractivity contribution in [2.75, 3.05) is 13.6 Å². The lowest BCUT2D eigenvalue weighted by Gasteiger charge is -2.20. The fourth-order valence-electron chi connectivity index (χ4n) is 2.08. The quantitative estimate of drug-likeness (QED) is 0.766. The Bertz CT molecular complexity index is 535. The van der Waals surface area contributed by atoms with E-state index in [1.54, 1.807) is 6.33 Å². The minimum Gasteiger partial charge on any atom is -0.320 e. The van der Waals surface area contributed by atoms with Crippen molar-refractivity contribution in [2.45, 2.75) is 30.5 Å². The van der Waals surface area contributed by atoms with Crippen LogP contribution in [0.2, 0.25) is 0 Å². The summed E-state index contributed by atoms with van der Waals surface area (Å²) in [4.78, 5) is 3.62. The summed E-state index contributed by atoms with van der Waals surface area (Å²) in [7, 11) is 4.11. The Morgan fingerprint density at radius 3 is 2.60 bits per heavy atom. The van der Waals surface area contributed by atoms with Gasteiger partial charge >= 0.3 is 0 Å². The SMILES string of the molecule is Cc1ccc(S[C@H](C)CN(C)Cc2nncn2C)cc1. The fourth-order valence-corrected chi connectivity index (χ4v) is 3.17. The van der Waals surface area contributed by atoms with Crippen molar-refractivity contribution in [3.05, 3.63) is 42.0 Å². The third-order valence-electron chi connectivity index (χ3n) is 3.14. The number of nitrogens with zero attached hydrogens (tertiary/aromatic N) is 4. The maximum Gasteiger partial charge on any atom is 0.146 e. The van der Waals surface area contributed by atoms with Crippen molar-refractivity contribution in [1.82, 2.24) is 19.7 Å². The molecule has 20 heavy (non-hydrogen) atoms. The van der Waals surface area contributed by atoms with Gasteiger partial charge in [0.05, 0.1) is 6.54 Å². The van der Waals surface area contributed by atoms with Gasteiger partial charge in [-0.25, -0.2) is 0 Å². The molecule has 1 aromatic carbocycles. The average molecular weight is 290 g/mol. The molecule has 0 N–H and O–H groups in total. The van der Waals surface area contributed by atoms with E-state index in [9.17, 15) is 0 Å². The van der Waals surface area contributed by atoms with E-state index in [1.165, 1.54) is 10.5 Å². The van der Waals surface area contributed by atoms with E-state index in [-0.39, 0.29) is 0 Å². The van der Waals surface area contributed by atoms with Crippen LogP contribution in [0.5, 0.6) is 0 Å². The molecule has 0 saturated carbocycles. The lowest BCUT2D eigenvalue weighted by Crippen LogP contribution is -2.26. The van der Waals surface area contributed by atoms with Crippen LogP contribution in [0, 0.1) is 6.92 Å². The smallest absolute Gasteiger partial charge is 0.146 e.